The molecule has 3 rings (SSSR count). The fourth-order valence-corrected chi connectivity index (χ4v) is 4.12. The van der Waals surface area contributed by atoms with E-state index >= 15 is 0 Å². The lowest BCUT2D eigenvalue weighted by Crippen LogP contribution is -2.50. The van der Waals surface area contributed by atoms with Crippen molar-refractivity contribution in [2.24, 2.45) is 0 Å². The predicted octanol–water partition coefficient (Wildman–Crippen LogP) is 4.60. The molecule has 0 heterocycles. The zero-order valence-electron chi connectivity index (χ0n) is 16.8. The van der Waals surface area contributed by atoms with Crippen LogP contribution in [0.2, 0.25) is 0 Å². The average Bonchev–Trinajstić information content (AvgIpc) is 2.96. The number of hydrogen-bond donors (Lipinski definition) is 1. The van der Waals surface area contributed by atoms with Gasteiger partial charge >= 0.3 is 0 Å². The van der Waals surface area contributed by atoms with Gasteiger partial charge in [-0.05, 0) is 43.5 Å². The molecule has 0 radical (unpaired) electrons. The van der Waals surface area contributed by atoms with E-state index in [4.69, 9.17) is 0 Å². The van der Waals surface area contributed by atoms with E-state index in [1.165, 1.54) is 5.56 Å². The Bertz CT molecular complexity index is 881. The standard InChI is InChI=1S/C24H28N2O/c1-17(19-12-8-6-9-13-19)25-24(3)22(26(4)5)16-21(23(24)18(2)27)20-14-10-7-11-15-20/h6-17,25H,1-5H3. The summed E-state index contributed by atoms with van der Waals surface area (Å²) in [6.45, 7) is 5.93. The van der Waals surface area contributed by atoms with Crippen LogP contribution in [-0.4, -0.2) is 30.3 Å². The number of likely N-dealkylation sites (N-methyl/N-ethyl adjacent to an activating group) is 1. The van der Waals surface area contributed by atoms with E-state index in [-0.39, 0.29) is 11.8 Å². The second-order valence-electron chi connectivity index (χ2n) is 7.54. The van der Waals surface area contributed by atoms with E-state index in [0.717, 1.165) is 22.4 Å². The van der Waals surface area contributed by atoms with Crippen molar-refractivity contribution in [2.45, 2.75) is 32.4 Å². The van der Waals surface area contributed by atoms with Crippen LogP contribution < -0.4 is 5.32 Å². The zero-order chi connectivity index (χ0) is 19.6. The Morgan fingerprint density at radius 1 is 1.00 bits per heavy atom. The van der Waals surface area contributed by atoms with Crippen molar-refractivity contribution in [3.05, 3.63) is 89.1 Å². The van der Waals surface area contributed by atoms with Crippen LogP contribution in [0.3, 0.4) is 0 Å². The van der Waals surface area contributed by atoms with Crippen LogP contribution in [0.4, 0.5) is 0 Å². The van der Waals surface area contributed by atoms with Gasteiger partial charge in [-0.2, -0.15) is 0 Å². The number of benzene rings is 2. The van der Waals surface area contributed by atoms with Gasteiger partial charge in [0, 0.05) is 31.4 Å². The lowest BCUT2D eigenvalue weighted by Gasteiger charge is -2.38. The number of Topliss-reactive ketones (excluding diaryl/α,β-unsaturated/α-hetero) is 1. The zero-order valence-corrected chi connectivity index (χ0v) is 16.8. The summed E-state index contributed by atoms with van der Waals surface area (Å²) in [5.74, 6) is 0.0946. The molecule has 0 amide bonds. The van der Waals surface area contributed by atoms with E-state index < -0.39 is 5.54 Å². The van der Waals surface area contributed by atoms with Gasteiger partial charge in [-0.1, -0.05) is 60.7 Å². The van der Waals surface area contributed by atoms with E-state index in [0.29, 0.717) is 0 Å². The first-order chi connectivity index (χ1) is 12.8. The normalized spacial score (nSPS) is 20.4. The summed E-state index contributed by atoms with van der Waals surface area (Å²) in [7, 11) is 4.06. The van der Waals surface area contributed by atoms with Gasteiger partial charge in [0.2, 0.25) is 0 Å². The quantitative estimate of drug-likeness (QED) is 0.817. The maximum absolute atomic E-state index is 12.8. The van der Waals surface area contributed by atoms with E-state index in [1.807, 2.05) is 50.5 Å². The van der Waals surface area contributed by atoms with Crippen molar-refractivity contribution in [1.29, 1.82) is 0 Å². The van der Waals surface area contributed by atoms with Crippen molar-refractivity contribution in [1.82, 2.24) is 10.2 Å². The fraction of sp³-hybridized carbons (Fsp3) is 0.292. The molecule has 0 spiro atoms. The number of allylic oxidation sites excluding steroid dienone is 2. The highest BCUT2D eigenvalue weighted by atomic mass is 16.1. The highest BCUT2D eigenvalue weighted by Crippen LogP contribution is 2.42. The molecule has 0 aliphatic heterocycles. The molecule has 3 heteroatoms. The Morgan fingerprint density at radius 2 is 1.56 bits per heavy atom. The highest BCUT2D eigenvalue weighted by molar-refractivity contribution is 6.08. The number of carbonyl (C=O) groups excluding carboxylic acids is 1. The molecule has 1 N–H and O–H groups in total. The van der Waals surface area contributed by atoms with Gasteiger partial charge in [0.25, 0.3) is 0 Å². The molecule has 3 nitrogen and oxygen atoms in total. The molecule has 0 fully saturated rings. The number of nitrogens with zero attached hydrogens (tertiary/aromatic N) is 1. The largest absolute Gasteiger partial charge is 0.379 e. The van der Waals surface area contributed by atoms with Gasteiger partial charge in [0.15, 0.2) is 5.78 Å². The number of nitrogens with one attached hydrogen (secondary N) is 1. The van der Waals surface area contributed by atoms with Crippen LogP contribution in [0.1, 0.15) is 37.9 Å². The molecule has 1 aliphatic carbocycles. The van der Waals surface area contributed by atoms with Gasteiger partial charge in [0.1, 0.15) is 0 Å². The molecule has 140 valence electrons. The molecule has 27 heavy (non-hydrogen) atoms. The summed E-state index contributed by atoms with van der Waals surface area (Å²) in [5.41, 5.74) is 4.62. The van der Waals surface area contributed by atoms with Crippen molar-refractivity contribution in [3.8, 4) is 0 Å². The summed E-state index contributed by atoms with van der Waals surface area (Å²) in [6.07, 6.45) is 2.15. The first-order valence-corrected chi connectivity index (χ1v) is 9.38. The molecule has 2 aromatic rings. The third kappa shape index (κ3) is 3.60. The average molecular weight is 361 g/mol. The van der Waals surface area contributed by atoms with Crippen LogP contribution in [0, 0.1) is 0 Å². The van der Waals surface area contributed by atoms with Crippen molar-refractivity contribution in [3.63, 3.8) is 0 Å². The lowest BCUT2D eigenvalue weighted by atomic mass is 9.85. The van der Waals surface area contributed by atoms with Gasteiger partial charge in [-0.25, -0.2) is 0 Å². The van der Waals surface area contributed by atoms with E-state index in [9.17, 15) is 4.79 Å². The maximum atomic E-state index is 12.8. The monoisotopic (exact) mass is 360 g/mol. The summed E-state index contributed by atoms with van der Waals surface area (Å²) in [6, 6.07) is 20.6. The van der Waals surface area contributed by atoms with E-state index in [1.54, 1.807) is 6.92 Å². The first kappa shape index (κ1) is 19.1. The van der Waals surface area contributed by atoms with E-state index in [2.05, 4.69) is 54.4 Å². The smallest absolute Gasteiger partial charge is 0.158 e. The Hall–Kier alpha value is -2.65. The van der Waals surface area contributed by atoms with Crippen LogP contribution in [0.5, 0.6) is 0 Å². The van der Waals surface area contributed by atoms with Gasteiger partial charge in [-0.15, -0.1) is 0 Å². The summed E-state index contributed by atoms with van der Waals surface area (Å²) >= 11 is 0. The molecule has 0 bridgehead atoms. The van der Waals surface area contributed by atoms with Crippen molar-refractivity contribution >= 4 is 11.4 Å². The number of hydrogen-bond acceptors (Lipinski definition) is 3. The molecule has 1 aliphatic rings. The number of ketones is 1. The lowest BCUT2D eigenvalue weighted by molar-refractivity contribution is -0.114. The van der Waals surface area contributed by atoms with Crippen LogP contribution >= 0.6 is 0 Å². The highest BCUT2D eigenvalue weighted by Gasteiger charge is 2.43. The van der Waals surface area contributed by atoms with Gasteiger partial charge < -0.3 is 4.90 Å². The topological polar surface area (TPSA) is 32.3 Å². The first-order valence-electron chi connectivity index (χ1n) is 9.38. The molecule has 2 aromatic carbocycles. The van der Waals surface area contributed by atoms with Crippen LogP contribution in [0.15, 0.2) is 78.0 Å². The SMILES string of the molecule is CC(=O)C1=C(c2ccccc2)C=C(N(C)C)C1(C)NC(C)c1ccccc1. The minimum Gasteiger partial charge on any atom is -0.379 e. The van der Waals surface area contributed by atoms with Gasteiger partial charge in [-0.3, -0.25) is 10.1 Å². The molecular formula is C24H28N2O. The minimum absolute atomic E-state index is 0.0946. The maximum Gasteiger partial charge on any atom is 0.158 e. The van der Waals surface area contributed by atoms with Crippen LogP contribution in [0.25, 0.3) is 5.57 Å². The molecule has 2 unspecified atom stereocenters. The third-order valence-corrected chi connectivity index (χ3v) is 5.29. The number of rotatable bonds is 6. The minimum atomic E-state index is -0.560. The summed E-state index contributed by atoms with van der Waals surface area (Å²) < 4.78 is 0. The Labute approximate surface area is 162 Å². The molecule has 0 aromatic heterocycles. The second kappa shape index (κ2) is 7.53. The fourth-order valence-electron chi connectivity index (χ4n) is 4.12. The molecule has 0 saturated heterocycles. The summed E-state index contributed by atoms with van der Waals surface area (Å²) in [4.78, 5) is 14.9. The molecule has 2 atom stereocenters. The Balaban J connectivity index is 2.11. The second-order valence-corrected chi connectivity index (χ2v) is 7.54. The summed E-state index contributed by atoms with van der Waals surface area (Å²) in [5, 5.41) is 3.75. The van der Waals surface area contributed by atoms with Crippen molar-refractivity contribution in [2.75, 3.05) is 14.1 Å². The van der Waals surface area contributed by atoms with Crippen LogP contribution in [-0.2, 0) is 4.79 Å². The van der Waals surface area contributed by atoms with Gasteiger partial charge in [0.05, 0.1) is 5.54 Å². The predicted molar refractivity (Wildman–Crippen MR) is 112 cm³/mol. The molecule has 0 saturated carbocycles. The Kier molecular flexibility index (Phi) is 5.33. The third-order valence-electron chi connectivity index (χ3n) is 5.29. The Morgan fingerprint density at radius 3 is 2.07 bits per heavy atom. The van der Waals surface area contributed by atoms with Crippen molar-refractivity contribution < 1.29 is 4.79 Å². The molecular weight excluding hydrogens is 332 g/mol. The number of carbonyl (C=O) groups is 1.